The van der Waals surface area contributed by atoms with Gasteiger partial charge in [0.15, 0.2) is 5.65 Å². The lowest BCUT2D eigenvalue weighted by atomic mass is 10.1. The summed E-state index contributed by atoms with van der Waals surface area (Å²) in [6, 6.07) is 10.2. The Morgan fingerprint density at radius 2 is 1.97 bits per heavy atom. The average molecular weight is 567 g/mol. The second-order valence-electron chi connectivity index (χ2n) is 10.8. The van der Waals surface area contributed by atoms with Gasteiger partial charge in [-0.25, -0.2) is 4.98 Å². The van der Waals surface area contributed by atoms with Gasteiger partial charge in [0.25, 0.3) is 5.91 Å². The summed E-state index contributed by atoms with van der Waals surface area (Å²) in [7, 11) is 2.13. The minimum atomic E-state index is -0.333. The molecule has 8 nitrogen and oxygen atoms in total. The highest BCUT2D eigenvalue weighted by atomic mass is 35.5. The Morgan fingerprint density at radius 3 is 2.77 bits per heavy atom. The molecule has 2 unspecified atom stereocenters. The van der Waals surface area contributed by atoms with Crippen molar-refractivity contribution < 1.29 is 4.79 Å². The summed E-state index contributed by atoms with van der Waals surface area (Å²) < 4.78 is 2.87. The van der Waals surface area contributed by atoms with Crippen LogP contribution in [0.2, 0.25) is 5.02 Å². The van der Waals surface area contributed by atoms with Crippen molar-refractivity contribution in [1.29, 1.82) is 0 Å². The van der Waals surface area contributed by atoms with Gasteiger partial charge in [0.1, 0.15) is 16.2 Å². The lowest BCUT2D eigenvalue weighted by molar-refractivity contribution is 0.0951. The average Bonchev–Trinajstić information content (AvgIpc) is 3.65. The summed E-state index contributed by atoms with van der Waals surface area (Å²) in [6.45, 7) is 6.80. The van der Waals surface area contributed by atoms with E-state index < -0.39 is 0 Å². The van der Waals surface area contributed by atoms with Crippen molar-refractivity contribution in [3.05, 3.63) is 51.1 Å². The quantitative estimate of drug-likeness (QED) is 0.318. The Hall–Kier alpha value is -2.72. The van der Waals surface area contributed by atoms with Crippen LogP contribution in [0, 0.1) is 0 Å². The largest absolute Gasteiger partial charge is 0.368 e. The normalized spacial score (nSPS) is 20.5. The molecule has 1 amide bonds. The number of carbonyl (C=O) groups excluding carboxylic acids is 1. The van der Waals surface area contributed by atoms with Gasteiger partial charge in [-0.3, -0.25) is 18.9 Å². The van der Waals surface area contributed by atoms with E-state index in [4.69, 9.17) is 16.6 Å². The molecule has 2 saturated heterocycles. The number of nitrogens with one attached hydrogen (secondary N) is 2. The molecule has 2 atom stereocenters. The maximum atomic E-state index is 13.8. The van der Waals surface area contributed by atoms with Crippen LogP contribution < -0.4 is 16.1 Å². The monoisotopic (exact) mass is 566 g/mol. The number of likely N-dealkylation sites (tertiary alicyclic amines) is 2. The molecule has 0 bridgehead atoms. The number of pyridine rings is 2. The van der Waals surface area contributed by atoms with Crippen molar-refractivity contribution in [1.82, 2.24) is 24.5 Å². The highest BCUT2D eigenvalue weighted by Crippen LogP contribution is 2.33. The Kier molecular flexibility index (Phi) is 7.50. The predicted molar refractivity (Wildman–Crippen MR) is 161 cm³/mol. The summed E-state index contributed by atoms with van der Waals surface area (Å²) >= 11 is 7.82. The van der Waals surface area contributed by atoms with Gasteiger partial charge < -0.3 is 15.5 Å². The molecule has 10 heteroatoms. The molecule has 3 aromatic heterocycles. The molecule has 5 heterocycles. The van der Waals surface area contributed by atoms with Crippen molar-refractivity contribution in [3.63, 3.8) is 0 Å². The van der Waals surface area contributed by atoms with Gasteiger partial charge in [0, 0.05) is 30.2 Å². The van der Waals surface area contributed by atoms with E-state index in [9.17, 15) is 9.59 Å². The molecule has 0 spiro atoms. The van der Waals surface area contributed by atoms with E-state index in [0.29, 0.717) is 39.5 Å². The fourth-order valence-corrected chi connectivity index (χ4v) is 7.59. The Morgan fingerprint density at radius 1 is 1.15 bits per heavy atom. The van der Waals surface area contributed by atoms with Gasteiger partial charge in [0.05, 0.1) is 15.6 Å². The van der Waals surface area contributed by atoms with Gasteiger partial charge in [-0.15, -0.1) is 11.3 Å². The number of fused-ring (bicyclic) bond motifs is 5. The van der Waals surface area contributed by atoms with E-state index in [2.05, 4.69) is 34.4 Å². The molecular weight excluding hydrogens is 532 g/mol. The van der Waals surface area contributed by atoms with E-state index in [1.807, 2.05) is 28.7 Å². The van der Waals surface area contributed by atoms with Crippen LogP contribution in [0.15, 0.2) is 35.1 Å². The van der Waals surface area contributed by atoms with E-state index in [1.54, 1.807) is 6.07 Å². The van der Waals surface area contributed by atoms with Gasteiger partial charge in [0.2, 0.25) is 5.43 Å². The highest BCUT2D eigenvalue weighted by Gasteiger charge is 2.25. The van der Waals surface area contributed by atoms with Crippen molar-refractivity contribution in [2.45, 2.75) is 51.1 Å². The zero-order valence-corrected chi connectivity index (χ0v) is 24.1. The highest BCUT2D eigenvalue weighted by molar-refractivity contribution is 7.24. The lowest BCUT2D eigenvalue weighted by Crippen LogP contribution is -2.35. The number of benzene rings is 1. The molecule has 0 saturated carbocycles. The maximum absolute atomic E-state index is 13.8. The van der Waals surface area contributed by atoms with Crippen LogP contribution >= 0.6 is 22.9 Å². The third-order valence-corrected chi connectivity index (χ3v) is 9.81. The number of hydrogen-bond acceptors (Lipinski definition) is 7. The van der Waals surface area contributed by atoms with Crippen LogP contribution in [0.25, 0.3) is 26.1 Å². The van der Waals surface area contributed by atoms with Gasteiger partial charge in [-0.1, -0.05) is 18.5 Å². The molecule has 2 aliphatic heterocycles. The molecule has 2 fully saturated rings. The zero-order chi connectivity index (χ0) is 27.1. The maximum Gasteiger partial charge on any atom is 0.258 e. The third kappa shape index (κ3) is 5.01. The van der Waals surface area contributed by atoms with Crippen LogP contribution in [0.4, 0.5) is 5.82 Å². The van der Waals surface area contributed by atoms with E-state index in [0.717, 1.165) is 55.1 Å². The van der Waals surface area contributed by atoms with Crippen LogP contribution in [-0.2, 0) is 0 Å². The Balaban J connectivity index is 1.38. The minimum absolute atomic E-state index is 0.173. The first kappa shape index (κ1) is 26.5. The molecule has 0 aliphatic carbocycles. The van der Waals surface area contributed by atoms with Crippen molar-refractivity contribution in [3.8, 4) is 0 Å². The molecule has 2 N–H and O–H groups in total. The summed E-state index contributed by atoms with van der Waals surface area (Å²) in [4.78, 5) is 37.6. The van der Waals surface area contributed by atoms with Crippen LogP contribution in [0.1, 0.15) is 49.4 Å². The number of amides is 1. The number of anilines is 1. The van der Waals surface area contributed by atoms with Crippen molar-refractivity contribution in [2.75, 3.05) is 45.1 Å². The van der Waals surface area contributed by atoms with Crippen molar-refractivity contribution >= 4 is 60.7 Å². The van der Waals surface area contributed by atoms with Gasteiger partial charge in [-0.2, -0.15) is 0 Å². The number of thiazole rings is 1. The van der Waals surface area contributed by atoms with Crippen LogP contribution in [0.3, 0.4) is 0 Å². The molecule has 206 valence electrons. The van der Waals surface area contributed by atoms with E-state index in [-0.39, 0.29) is 16.9 Å². The molecule has 2 aliphatic rings. The summed E-state index contributed by atoms with van der Waals surface area (Å²) in [5.74, 6) is 0.388. The second-order valence-corrected chi connectivity index (χ2v) is 12.2. The minimum Gasteiger partial charge on any atom is -0.368 e. The molecule has 4 aromatic rings. The SMILES string of the molecule is CCN1CCCC1CNc1ccc2c(=O)c(C(=O)NCCC3CCCN3C)c3sc4ccc(Cl)cc4n3c2n1. The Labute approximate surface area is 236 Å². The summed E-state index contributed by atoms with van der Waals surface area (Å²) in [5, 5.41) is 7.56. The standard InChI is InChI=1S/C29H35ClN6O2S/c1-3-35-15-5-7-20(35)17-32-24-11-9-21-26(37)25(28(38)31-13-12-19-6-4-14-34(19)2)29-36(27(21)33-24)22-16-18(30)8-10-23(22)39-29/h8-11,16,19-20H,3-7,12-15,17H2,1-2H3,(H,31,38)(H,32,33). The van der Waals surface area contributed by atoms with E-state index in [1.165, 1.54) is 30.6 Å². The van der Waals surface area contributed by atoms with Gasteiger partial charge >= 0.3 is 0 Å². The molecule has 39 heavy (non-hydrogen) atoms. The first-order chi connectivity index (χ1) is 18.9. The lowest BCUT2D eigenvalue weighted by Gasteiger charge is -2.23. The molecule has 0 radical (unpaired) electrons. The number of aromatic nitrogens is 2. The second kappa shape index (κ2) is 11.0. The zero-order valence-electron chi connectivity index (χ0n) is 22.5. The number of carbonyl (C=O) groups is 1. The number of hydrogen-bond donors (Lipinski definition) is 2. The summed E-state index contributed by atoms with van der Waals surface area (Å²) in [5.41, 5.74) is 1.26. The smallest absolute Gasteiger partial charge is 0.258 e. The van der Waals surface area contributed by atoms with Crippen LogP contribution in [0.5, 0.6) is 0 Å². The van der Waals surface area contributed by atoms with E-state index >= 15 is 0 Å². The molecule has 1 aromatic carbocycles. The first-order valence-corrected chi connectivity index (χ1v) is 15.2. The topological polar surface area (TPSA) is 82.0 Å². The fourth-order valence-electron chi connectivity index (χ4n) is 6.26. The molecular formula is C29H35ClN6O2S. The molecule has 6 rings (SSSR count). The fraction of sp³-hybridized carbons (Fsp3) is 0.483. The number of nitrogens with zero attached hydrogens (tertiary/aromatic N) is 4. The summed E-state index contributed by atoms with van der Waals surface area (Å²) in [6.07, 6.45) is 5.58. The number of likely N-dealkylation sites (N-methyl/N-ethyl adjacent to an activating group) is 1. The first-order valence-electron chi connectivity index (χ1n) is 14.0. The third-order valence-electron chi connectivity index (χ3n) is 8.43. The Bertz CT molecular complexity index is 1600. The number of halogens is 1. The van der Waals surface area contributed by atoms with Gasteiger partial charge in [-0.05, 0) is 89.1 Å². The van der Waals surface area contributed by atoms with Crippen molar-refractivity contribution in [2.24, 2.45) is 0 Å². The number of rotatable bonds is 8. The predicted octanol–water partition coefficient (Wildman–Crippen LogP) is 4.83. The van der Waals surface area contributed by atoms with Crippen LogP contribution in [-0.4, -0.2) is 76.9 Å².